The van der Waals surface area contributed by atoms with Gasteiger partial charge in [-0.25, -0.2) is 0 Å². The van der Waals surface area contributed by atoms with Crippen molar-refractivity contribution in [3.63, 3.8) is 0 Å². The van der Waals surface area contributed by atoms with Crippen molar-refractivity contribution in [3.05, 3.63) is 11.9 Å². The molecule has 0 aromatic carbocycles. The molecule has 0 spiro atoms. The van der Waals surface area contributed by atoms with Crippen molar-refractivity contribution in [1.82, 2.24) is 13.6 Å². The highest BCUT2D eigenvalue weighted by atomic mass is 32.1. The van der Waals surface area contributed by atoms with E-state index in [-0.39, 0.29) is 12.5 Å². The molecule has 0 aliphatic carbocycles. The second kappa shape index (κ2) is 4.13. The summed E-state index contributed by atoms with van der Waals surface area (Å²) < 4.78 is 7.48. The van der Waals surface area contributed by atoms with Crippen molar-refractivity contribution in [2.45, 2.75) is 0 Å². The first-order valence-electron chi connectivity index (χ1n) is 3.39. The van der Waals surface area contributed by atoms with Gasteiger partial charge >= 0.3 is 0 Å². The summed E-state index contributed by atoms with van der Waals surface area (Å²) in [6.45, 7) is 0.274. The number of aliphatic hydroxyl groups excluding tert-OH is 1. The Bertz CT molecular complexity index is 249. The molecule has 0 saturated carbocycles. The molecule has 1 amide bonds. The van der Waals surface area contributed by atoms with E-state index in [1.54, 1.807) is 7.05 Å². The van der Waals surface area contributed by atoms with Crippen LogP contribution in [0.3, 0.4) is 0 Å². The number of carbonyl (C=O) groups is 1. The molecule has 1 heterocycles. The molecule has 66 valence electrons. The van der Waals surface area contributed by atoms with Crippen LogP contribution in [0, 0.1) is 0 Å². The Balaban J connectivity index is 2.59. The molecular formula is C6H9N3O2S. The molecule has 0 unspecified atom stereocenters. The first kappa shape index (κ1) is 9.08. The highest BCUT2D eigenvalue weighted by Gasteiger charge is 2.12. The maximum absolute atomic E-state index is 11.3. The van der Waals surface area contributed by atoms with Gasteiger partial charge in [0.2, 0.25) is 0 Å². The minimum absolute atomic E-state index is 0.0419. The smallest absolute Gasteiger partial charge is 0.275 e. The van der Waals surface area contributed by atoms with Crippen molar-refractivity contribution in [2.24, 2.45) is 0 Å². The van der Waals surface area contributed by atoms with E-state index in [9.17, 15) is 4.79 Å². The van der Waals surface area contributed by atoms with Crippen LogP contribution in [0.15, 0.2) is 6.20 Å². The summed E-state index contributed by atoms with van der Waals surface area (Å²) in [6.07, 6.45) is 1.42. The summed E-state index contributed by atoms with van der Waals surface area (Å²) in [5.41, 5.74) is 0.330. The summed E-state index contributed by atoms with van der Waals surface area (Å²) >= 11 is 0.993. The van der Waals surface area contributed by atoms with E-state index in [2.05, 4.69) is 8.75 Å². The zero-order chi connectivity index (χ0) is 8.97. The Morgan fingerprint density at radius 1 is 1.83 bits per heavy atom. The first-order chi connectivity index (χ1) is 5.75. The molecule has 0 aliphatic heterocycles. The number of carbonyl (C=O) groups excluding carboxylic acids is 1. The van der Waals surface area contributed by atoms with Crippen molar-refractivity contribution in [1.29, 1.82) is 0 Å². The normalized spacial score (nSPS) is 9.83. The third-order valence-electron chi connectivity index (χ3n) is 1.36. The second-order valence-electron chi connectivity index (χ2n) is 2.24. The van der Waals surface area contributed by atoms with Gasteiger partial charge in [0, 0.05) is 13.6 Å². The van der Waals surface area contributed by atoms with Gasteiger partial charge in [-0.05, 0) is 0 Å². The van der Waals surface area contributed by atoms with Gasteiger partial charge in [0.15, 0.2) is 5.69 Å². The Kier molecular flexibility index (Phi) is 3.12. The van der Waals surface area contributed by atoms with E-state index < -0.39 is 0 Å². The van der Waals surface area contributed by atoms with Crippen LogP contribution in [0.2, 0.25) is 0 Å². The van der Waals surface area contributed by atoms with Crippen molar-refractivity contribution in [2.75, 3.05) is 20.2 Å². The van der Waals surface area contributed by atoms with Crippen LogP contribution in [-0.4, -0.2) is 44.9 Å². The maximum Gasteiger partial charge on any atom is 0.275 e. The fourth-order valence-corrected chi connectivity index (χ4v) is 1.11. The van der Waals surface area contributed by atoms with Gasteiger partial charge < -0.3 is 10.0 Å². The van der Waals surface area contributed by atoms with Crippen molar-refractivity contribution in [3.8, 4) is 0 Å². The molecule has 0 atom stereocenters. The lowest BCUT2D eigenvalue weighted by atomic mass is 10.4. The van der Waals surface area contributed by atoms with Gasteiger partial charge in [0.1, 0.15) is 0 Å². The number of aliphatic hydroxyl groups is 1. The molecule has 0 saturated heterocycles. The lowest BCUT2D eigenvalue weighted by Gasteiger charge is -2.12. The Morgan fingerprint density at radius 3 is 3.08 bits per heavy atom. The van der Waals surface area contributed by atoms with E-state index in [1.165, 1.54) is 11.1 Å². The first-order valence-corrected chi connectivity index (χ1v) is 4.12. The lowest BCUT2D eigenvalue weighted by Crippen LogP contribution is -2.29. The van der Waals surface area contributed by atoms with Gasteiger partial charge in [-0.15, -0.1) is 0 Å². The molecule has 0 radical (unpaired) electrons. The third-order valence-corrected chi connectivity index (χ3v) is 1.84. The fourth-order valence-electron chi connectivity index (χ4n) is 0.706. The molecular weight excluding hydrogens is 178 g/mol. The van der Waals surface area contributed by atoms with Gasteiger partial charge in [-0.1, -0.05) is 0 Å². The van der Waals surface area contributed by atoms with Gasteiger partial charge in [0.25, 0.3) is 5.91 Å². The summed E-state index contributed by atoms with van der Waals surface area (Å²) in [6, 6.07) is 0. The van der Waals surface area contributed by atoms with E-state index >= 15 is 0 Å². The maximum atomic E-state index is 11.3. The highest BCUT2D eigenvalue weighted by molar-refractivity contribution is 6.99. The van der Waals surface area contributed by atoms with Gasteiger partial charge in [-0.2, -0.15) is 8.75 Å². The molecule has 0 bridgehead atoms. The van der Waals surface area contributed by atoms with E-state index in [4.69, 9.17) is 5.11 Å². The largest absolute Gasteiger partial charge is 0.395 e. The molecule has 1 N–H and O–H groups in total. The SMILES string of the molecule is CN(CCO)C(=O)c1cnsn1. The van der Waals surface area contributed by atoms with Crippen molar-refractivity contribution >= 4 is 17.6 Å². The van der Waals surface area contributed by atoms with E-state index in [0.29, 0.717) is 12.2 Å². The number of rotatable bonds is 3. The average Bonchev–Trinajstić information content (AvgIpc) is 2.55. The van der Waals surface area contributed by atoms with Gasteiger partial charge in [0.05, 0.1) is 24.5 Å². The quantitative estimate of drug-likeness (QED) is 0.699. The Labute approximate surface area is 74.0 Å². The summed E-state index contributed by atoms with van der Waals surface area (Å²) in [4.78, 5) is 12.7. The van der Waals surface area contributed by atoms with Crippen LogP contribution in [-0.2, 0) is 0 Å². The zero-order valence-corrected chi connectivity index (χ0v) is 7.41. The monoisotopic (exact) mass is 187 g/mol. The predicted octanol–water partition coefficient (Wildman–Crippen LogP) is -0.398. The molecule has 1 rings (SSSR count). The van der Waals surface area contributed by atoms with Gasteiger partial charge in [-0.3, -0.25) is 4.79 Å². The molecule has 5 nitrogen and oxygen atoms in total. The molecule has 1 aromatic heterocycles. The number of amides is 1. The molecule has 12 heavy (non-hydrogen) atoms. The van der Waals surface area contributed by atoms with Crippen LogP contribution in [0.25, 0.3) is 0 Å². The number of nitrogens with zero attached hydrogens (tertiary/aromatic N) is 3. The minimum atomic E-state index is -0.210. The third kappa shape index (κ3) is 1.99. The van der Waals surface area contributed by atoms with E-state index in [0.717, 1.165) is 11.7 Å². The summed E-state index contributed by atoms with van der Waals surface area (Å²) in [5.74, 6) is -0.210. The number of hydrogen-bond donors (Lipinski definition) is 1. The number of aromatic nitrogens is 2. The topological polar surface area (TPSA) is 66.3 Å². The Hall–Kier alpha value is -1.01. The van der Waals surface area contributed by atoms with Crippen LogP contribution < -0.4 is 0 Å². The lowest BCUT2D eigenvalue weighted by molar-refractivity contribution is 0.0762. The van der Waals surface area contributed by atoms with E-state index in [1.807, 2.05) is 0 Å². The number of hydrogen-bond acceptors (Lipinski definition) is 5. The Morgan fingerprint density at radius 2 is 2.58 bits per heavy atom. The average molecular weight is 187 g/mol. The second-order valence-corrected chi connectivity index (χ2v) is 2.80. The molecule has 6 heteroatoms. The molecule has 0 fully saturated rings. The summed E-state index contributed by atoms with van der Waals surface area (Å²) in [5, 5.41) is 8.56. The van der Waals surface area contributed by atoms with Crippen LogP contribution in [0.4, 0.5) is 0 Å². The molecule has 1 aromatic rings. The predicted molar refractivity (Wildman–Crippen MR) is 44.0 cm³/mol. The van der Waals surface area contributed by atoms with Crippen LogP contribution in [0.5, 0.6) is 0 Å². The fraction of sp³-hybridized carbons (Fsp3) is 0.500. The zero-order valence-electron chi connectivity index (χ0n) is 6.60. The highest BCUT2D eigenvalue weighted by Crippen LogP contribution is 1.99. The summed E-state index contributed by atoms with van der Waals surface area (Å²) in [7, 11) is 1.61. The number of likely N-dealkylation sites (N-methyl/N-ethyl adjacent to an activating group) is 1. The van der Waals surface area contributed by atoms with Crippen LogP contribution in [0.1, 0.15) is 10.5 Å². The van der Waals surface area contributed by atoms with Crippen molar-refractivity contribution < 1.29 is 9.90 Å². The molecule has 0 aliphatic rings. The standard InChI is InChI=1S/C6H9N3O2S/c1-9(2-3-10)6(11)5-4-7-12-8-5/h4,10H,2-3H2,1H3. The van der Waals surface area contributed by atoms with Crippen LogP contribution >= 0.6 is 11.7 Å². The minimum Gasteiger partial charge on any atom is -0.395 e.